The Kier molecular flexibility index (Phi) is 6.14. The quantitative estimate of drug-likeness (QED) is 0.624. The van der Waals surface area contributed by atoms with Crippen LogP contribution in [-0.4, -0.2) is 66.9 Å². The third-order valence-electron chi connectivity index (χ3n) is 6.02. The van der Waals surface area contributed by atoms with Crippen molar-refractivity contribution in [3.8, 4) is 11.1 Å². The number of carbonyl (C=O) groups is 3. The molecule has 2 N–H and O–H groups in total. The minimum Gasteiger partial charge on any atom is -0.480 e. The highest BCUT2D eigenvalue weighted by atomic mass is 16.5. The van der Waals surface area contributed by atoms with E-state index < -0.39 is 30.1 Å². The van der Waals surface area contributed by atoms with E-state index >= 15 is 0 Å². The maximum atomic E-state index is 12.9. The fraction of sp³-hybridized carbons (Fsp3) is 0.375. The molecule has 8 heteroatoms. The van der Waals surface area contributed by atoms with Gasteiger partial charge in [-0.3, -0.25) is 9.59 Å². The highest BCUT2D eigenvalue weighted by Gasteiger charge is 2.53. The Morgan fingerprint density at radius 1 is 1.06 bits per heavy atom. The molecule has 4 rings (SSSR count). The fourth-order valence-corrected chi connectivity index (χ4v) is 4.27. The number of ether oxygens (including phenoxy) is 2. The second kappa shape index (κ2) is 9.00. The van der Waals surface area contributed by atoms with Crippen LogP contribution in [0.5, 0.6) is 0 Å². The molecule has 1 saturated carbocycles. The molecule has 0 heterocycles. The first-order valence-electron chi connectivity index (χ1n) is 10.6. The molecular formula is C24H26N2O6. The predicted molar refractivity (Wildman–Crippen MR) is 116 cm³/mol. The Bertz CT molecular complexity index is 987. The number of amides is 2. The van der Waals surface area contributed by atoms with E-state index in [9.17, 15) is 14.4 Å². The number of carbonyl (C=O) groups excluding carboxylic acids is 2. The van der Waals surface area contributed by atoms with Gasteiger partial charge in [0.05, 0.1) is 6.61 Å². The van der Waals surface area contributed by atoms with E-state index in [-0.39, 0.29) is 25.7 Å². The van der Waals surface area contributed by atoms with Crippen LogP contribution >= 0.6 is 0 Å². The Hall–Kier alpha value is -3.39. The number of aliphatic carboxylic acids is 1. The van der Waals surface area contributed by atoms with Gasteiger partial charge in [-0.25, -0.2) is 4.79 Å². The number of fused-ring (bicyclic) bond motifs is 3. The summed E-state index contributed by atoms with van der Waals surface area (Å²) in [6.07, 6.45) is 0.206. The molecule has 0 radical (unpaired) electrons. The zero-order chi connectivity index (χ0) is 22.7. The normalized spacial score (nSPS) is 15.4. The molecule has 2 amide bonds. The molecule has 2 aromatic carbocycles. The molecule has 0 saturated heterocycles. The summed E-state index contributed by atoms with van der Waals surface area (Å²) in [5.74, 6) is -1.62. The molecule has 168 valence electrons. The van der Waals surface area contributed by atoms with Crippen LogP contribution in [0.4, 0.5) is 4.79 Å². The summed E-state index contributed by atoms with van der Waals surface area (Å²) in [4.78, 5) is 37.9. The van der Waals surface area contributed by atoms with Crippen molar-refractivity contribution in [2.24, 2.45) is 0 Å². The Morgan fingerprint density at radius 3 is 2.19 bits per heavy atom. The minimum atomic E-state index is -1.12. The number of nitrogens with one attached hydrogen (secondary N) is 1. The second-order valence-electron chi connectivity index (χ2n) is 8.15. The van der Waals surface area contributed by atoms with E-state index in [1.54, 1.807) is 0 Å². The van der Waals surface area contributed by atoms with E-state index in [1.807, 2.05) is 36.4 Å². The third kappa shape index (κ3) is 4.31. The molecule has 2 aromatic rings. The number of hydrogen-bond acceptors (Lipinski definition) is 5. The van der Waals surface area contributed by atoms with Crippen molar-refractivity contribution in [3.63, 3.8) is 0 Å². The second-order valence-corrected chi connectivity index (χ2v) is 8.15. The smallest absolute Gasteiger partial charge is 0.408 e. The predicted octanol–water partition coefficient (Wildman–Crippen LogP) is 2.62. The zero-order valence-corrected chi connectivity index (χ0v) is 17.9. The lowest BCUT2D eigenvalue weighted by Gasteiger charge is -2.26. The molecule has 0 aromatic heterocycles. The summed E-state index contributed by atoms with van der Waals surface area (Å²) in [5.41, 5.74) is 3.37. The average molecular weight is 438 g/mol. The van der Waals surface area contributed by atoms with Crippen molar-refractivity contribution in [1.29, 1.82) is 0 Å². The van der Waals surface area contributed by atoms with E-state index in [0.29, 0.717) is 12.8 Å². The van der Waals surface area contributed by atoms with E-state index in [4.69, 9.17) is 14.6 Å². The van der Waals surface area contributed by atoms with Crippen molar-refractivity contribution in [1.82, 2.24) is 10.2 Å². The van der Waals surface area contributed by atoms with Crippen LogP contribution in [0.3, 0.4) is 0 Å². The van der Waals surface area contributed by atoms with Gasteiger partial charge in [-0.15, -0.1) is 0 Å². The number of hydrogen-bond donors (Lipinski definition) is 2. The fourth-order valence-electron chi connectivity index (χ4n) is 4.27. The first-order valence-corrected chi connectivity index (χ1v) is 10.6. The number of alkyl carbamates (subject to hydrolysis) is 1. The van der Waals surface area contributed by atoms with E-state index in [0.717, 1.165) is 22.3 Å². The Labute approximate surface area is 186 Å². The summed E-state index contributed by atoms with van der Waals surface area (Å²) >= 11 is 0. The molecule has 0 unspecified atom stereocenters. The standard InChI is InChI=1S/C24H26N2O6/c1-31-13-12-26(14-21(27)28)22(29)24(10-11-24)25-23(30)32-15-20-18-8-4-2-6-16(18)17-7-3-5-9-19(17)20/h2-9,20H,10-15H2,1H3,(H,25,30)(H,27,28). The van der Waals surface area contributed by atoms with Crippen LogP contribution < -0.4 is 5.32 Å². The summed E-state index contributed by atoms with van der Waals surface area (Å²) in [6.45, 7) is 0.0404. The minimum absolute atomic E-state index is 0.0794. The number of carboxylic acids is 1. The molecule has 0 atom stereocenters. The molecule has 2 aliphatic carbocycles. The van der Waals surface area contributed by atoms with Crippen LogP contribution in [-0.2, 0) is 19.1 Å². The molecule has 1 fully saturated rings. The lowest BCUT2D eigenvalue weighted by atomic mass is 9.98. The van der Waals surface area contributed by atoms with Gasteiger partial charge < -0.3 is 24.8 Å². The van der Waals surface area contributed by atoms with Gasteiger partial charge in [0.25, 0.3) is 0 Å². The number of methoxy groups -OCH3 is 1. The number of benzene rings is 2. The van der Waals surface area contributed by atoms with Gasteiger partial charge in [-0.05, 0) is 35.1 Å². The monoisotopic (exact) mass is 438 g/mol. The van der Waals surface area contributed by atoms with Crippen molar-refractivity contribution >= 4 is 18.0 Å². The van der Waals surface area contributed by atoms with Crippen LogP contribution in [0.2, 0.25) is 0 Å². The summed E-state index contributed by atoms with van der Waals surface area (Å²) in [6, 6.07) is 16.1. The molecule has 0 spiro atoms. The van der Waals surface area contributed by atoms with E-state index in [2.05, 4.69) is 17.4 Å². The van der Waals surface area contributed by atoms with Gasteiger partial charge in [0, 0.05) is 19.6 Å². The number of rotatable bonds is 9. The van der Waals surface area contributed by atoms with Crippen LogP contribution in [0.15, 0.2) is 48.5 Å². The first kappa shape index (κ1) is 21.8. The molecule has 0 aliphatic heterocycles. The molecule has 2 aliphatic rings. The summed E-state index contributed by atoms with van der Waals surface area (Å²) in [5, 5.41) is 11.8. The van der Waals surface area contributed by atoms with Gasteiger partial charge >= 0.3 is 12.1 Å². The van der Waals surface area contributed by atoms with Gasteiger partial charge in [0.2, 0.25) is 5.91 Å². The third-order valence-corrected chi connectivity index (χ3v) is 6.02. The highest BCUT2D eigenvalue weighted by molar-refractivity contribution is 5.94. The average Bonchev–Trinajstić information content (AvgIpc) is 3.50. The molecule has 0 bridgehead atoms. The lowest BCUT2D eigenvalue weighted by Crippen LogP contribution is -2.52. The van der Waals surface area contributed by atoms with Crippen molar-refractivity contribution in [3.05, 3.63) is 59.7 Å². The molecule has 8 nitrogen and oxygen atoms in total. The molecular weight excluding hydrogens is 412 g/mol. The van der Waals surface area contributed by atoms with Gasteiger partial charge in [0.15, 0.2) is 0 Å². The maximum Gasteiger partial charge on any atom is 0.408 e. The number of carboxylic acid groups (broad SMARTS) is 1. The first-order chi connectivity index (χ1) is 15.4. The number of nitrogens with zero attached hydrogens (tertiary/aromatic N) is 1. The maximum absolute atomic E-state index is 12.9. The largest absolute Gasteiger partial charge is 0.480 e. The van der Waals surface area contributed by atoms with E-state index in [1.165, 1.54) is 12.0 Å². The van der Waals surface area contributed by atoms with Crippen molar-refractivity contribution in [2.75, 3.05) is 33.4 Å². The van der Waals surface area contributed by atoms with Crippen LogP contribution in [0.1, 0.15) is 29.9 Å². The summed E-state index contributed by atoms with van der Waals surface area (Å²) in [7, 11) is 1.48. The van der Waals surface area contributed by atoms with Crippen molar-refractivity contribution < 1.29 is 29.0 Å². The van der Waals surface area contributed by atoms with Crippen LogP contribution in [0.25, 0.3) is 11.1 Å². The van der Waals surface area contributed by atoms with Gasteiger partial charge in [0.1, 0.15) is 18.7 Å². The van der Waals surface area contributed by atoms with Crippen LogP contribution in [0, 0.1) is 0 Å². The van der Waals surface area contributed by atoms with Crippen molar-refractivity contribution in [2.45, 2.75) is 24.3 Å². The van der Waals surface area contributed by atoms with Gasteiger partial charge in [-0.2, -0.15) is 0 Å². The SMILES string of the molecule is COCCN(CC(=O)O)C(=O)C1(NC(=O)OCC2c3ccccc3-c3ccccc32)CC1. The highest BCUT2D eigenvalue weighted by Crippen LogP contribution is 2.44. The Balaban J connectivity index is 1.41. The Morgan fingerprint density at radius 2 is 1.66 bits per heavy atom. The lowest BCUT2D eigenvalue weighted by molar-refractivity contribution is -0.146. The zero-order valence-electron chi connectivity index (χ0n) is 17.9. The topological polar surface area (TPSA) is 105 Å². The molecule has 32 heavy (non-hydrogen) atoms. The van der Waals surface area contributed by atoms with Gasteiger partial charge in [-0.1, -0.05) is 48.5 Å². The summed E-state index contributed by atoms with van der Waals surface area (Å²) < 4.78 is 10.5.